The first-order valence-electron chi connectivity index (χ1n) is 0.577. The summed E-state index contributed by atoms with van der Waals surface area (Å²) in [5.41, 5.74) is 0. The molecule has 0 aliphatic rings. The zero-order valence-electron chi connectivity index (χ0n) is 2.53. The zero-order valence-corrected chi connectivity index (χ0v) is 3.71. The summed E-state index contributed by atoms with van der Waals surface area (Å²) in [6.07, 6.45) is 18.0. The Hall–Kier alpha value is -0.361. The molecule has 0 aromatic heterocycles. The molecule has 0 N–H and O–H groups in total. The van der Waals surface area contributed by atoms with E-state index in [2.05, 4.69) is 12.8 Å². The van der Waals surface area contributed by atoms with E-state index in [0.717, 1.165) is 0 Å². The number of hydrogen-bond acceptors (Lipinski definition) is 0. The summed E-state index contributed by atoms with van der Waals surface area (Å²) in [7, 11) is 0. The first-order valence-corrected chi connectivity index (χ1v) is 0.577. The first-order chi connectivity index (χ1) is 2.00. The van der Waals surface area contributed by atoms with Crippen molar-refractivity contribution in [3.63, 3.8) is 0 Å². The molecule has 0 saturated carbocycles. The van der Waals surface area contributed by atoms with Crippen molar-refractivity contribution in [2.75, 3.05) is 0 Å². The Morgan fingerprint density at radius 1 is 0.800 bits per heavy atom. The average molecular weight is 105 g/mol. The van der Waals surface area contributed by atoms with Crippen molar-refractivity contribution in [1.82, 2.24) is 0 Å². The van der Waals surface area contributed by atoms with Crippen LogP contribution in [0.3, 0.4) is 0 Å². The maximum atomic E-state index is 5.25. The predicted octanol–water partition coefficient (Wildman–Crippen LogP) is 0.409. The molecule has 1 radical (unpaired) electrons. The van der Waals surface area contributed by atoms with Crippen molar-refractivity contribution in [3.05, 3.63) is 12.8 Å². The van der Waals surface area contributed by atoms with E-state index >= 15 is 0 Å². The van der Waals surface area contributed by atoms with E-state index in [4.69, 9.17) is 12.8 Å². The first kappa shape index (κ1) is 22.9. The molecule has 0 aromatic rings. The predicted molar refractivity (Wildman–Crippen MR) is 16.4 cm³/mol. The molecule has 0 amide bonds. The number of hydrogen-bond donors (Lipinski definition) is 0. The molecule has 1 heteroatoms. The molecule has 0 aliphatic heterocycles. The van der Waals surface area contributed by atoms with E-state index in [0.29, 0.717) is 0 Å². The number of terminal acetylenes is 2. The fourth-order valence-electron chi connectivity index (χ4n) is 0. The third-order valence-corrected chi connectivity index (χ3v) is 0. The standard InChI is InChI=1S/2C2H.Mn/c2*1-2;/h2*1H;/q2*-1;+2. The van der Waals surface area contributed by atoms with Gasteiger partial charge >= 0.3 is 17.1 Å². The van der Waals surface area contributed by atoms with Gasteiger partial charge in [0.1, 0.15) is 0 Å². The Labute approximate surface area is 43.4 Å². The van der Waals surface area contributed by atoms with Crippen LogP contribution in [0.5, 0.6) is 0 Å². The van der Waals surface area contributed by atoms with Crippen LogP contribution in [0.4, 0.5) is 0 Å². The molecule has 0 saturated heterocycles. The molecule has 25 valence electrons. The summed E-state index contributed by atoms with van der Waals surface area (Å²) in [5, 5.41) is 0. The summed E-state index contributed by atoms with van der Waals surface area (Å²) < 4.78 is 0. The van der Waals surface area contributed by atoms with Gasteiger partial charge in [-0.15, -0.1) is 0 Å². The van der Waals surface area contributed by atoms with Gasteiger partial charge in [-0.25, -0.2) is 0 Å². The van der Waals surface area contributed by atoms with Gasteiger partial charge in [-0.05, 0) is 0 Å². The Balaban J connectivity index is -0.0000000133. The third-order valence-electron chi connectivity index (χ3n) is 0. The van der Waals surface area contributed by atoms with E-state index in [1.807, 2.05) is 0 Å². The van der Waals surface area contributed by atoms with Gasteiger partial charge < -0.3 is 25.7 Å². The van der Waals surface area contributed by atoms with E-state index < -0.39 is 0 Å². The second-order valence-corrected chi connectivity index (χ2v) is 0. The van der Waals surface area contributed by atoms with Crippen LogP contribution in [0.25, 0.3) is 0 Å². The van der Waals surface area contributed by atoms with Gasteiger partial charge in [0.2, 0.25) is 0 Å². The minimum atomic E-state index is 0. The van der Waals surface area contributed by atoms with Crippen LogP contribution < -0.4 is 0 Å². The van der Waals surface area contributed by atoms with Crippen molar-refractivity contribution >= 4 is 0 Å². The largest absolute Gasteiger partial charge is 2.00 e. The summed E-state index contributed by atoms with van der Waals surface area (Å²) in [4.78, 5) is 0. The Bertz CT molecular complexity index is 19.1. The Morgan fingerprint density at radius 3 is 0.800 bits per heavy atom. The molecular formula is C4H2Mn. The van der Waals surface area contributed by atoms with Gasteiger partial charge in [0, 0.05) is 0 Å². The molecule has 0 atom stereocenters. The van der Waals surface area contributed by atoms with Crippen molar-refractivity contribution in [2.24, 2.45) is 0 Å². The maximum Gasteiger partial charge on any atom is 2.00 e. The Morgan fingerprint density at radius 2 is 0.800 bits per heavy atom. The van der Waals surface area contributed by atoms with Crippen LogP contribution in [0.2, 0.25) is 0 Å². The van der Waals surface area contributed by atoms with Crippen LogP contribution in [0, 0.1) is 25.7 Å². The van der Waals surface area contributed by atoms with Gasteiger partial charge in [-0.2, -0.15) is 0 Å². The summed E-state index contributed by atoms with van der Waals surface area (Å²) in [6, 6.07) is 0. The minimum Gasteiger partial charge on any atom is -0.697 e. The third kappa shape index (κ3) is 75.3. The van der Waals surface area contributed by atoms with Crippen LogP contribution in [0.1, 0.15) is 0 Å². The quantitative estimate of drug-likeness (QED) is 0.238. The van der Waals surface area contributed by atoms with Crippen molar-refractivity contribution < 1.29 is 17.1 Å². The number of rotatable bonds is 0. The van der Waals surface area contributed by atoms with E-state index in [-0.39, 0.29) is 17.1 Å². The van der Waals surface area contributed by atoms with Crippen LogP contribution >= 0.6 is 0 Å². The molecule has 0 heterocycles. The molecule has 5 heavy (non-hydrogen) atoms. The second kappa shape index (κ2) is 195. The normalized spacial score (nSPS) is 0.800. The van der Waals surface area contributed by atoms with Crippen LogP contribution in [-0.4, -0.2) is 0 Å². The maximum absolute atomic E-state index is 5.25. The second-order valence-electron chi connectivity index (χ2n) is 0. The van der Waals surface area contributed by atoms with Gasteiger partial charge in [0.05, 0.1) is 0 Å². The van der Waals surface area contributed by atoms with Gasteiger partial charge in [0.15, 0.2) is 0 Å². The van der Waals surface area contributed by atoms with Crippen LogP contribution in [-0.2, 0) is 17.1 Å². The van der Waals surface area contributed by atoms with E-state index in [1.165, 1.54) is 0 Å². The van der Waals surface area contributed by atoms with Crippen molar-refractivity contribution in [1.29, 1.82) is 0 Å². The minimum absolute atomic E-state index is 0. The monoisotopic (exact) mass is 105 g/mol. The molecule has 0 rings (SSSR count). The van der Waals surface area contributed by atoms with E-state index in [1.54, 1.807) is 0 Å². The van der Waals surface area contributed by atoms with Crippen molar-refractivity contribution in [3.8, 4) is 12.8 Å². The van der Waals surface area contributed by atoms with Gasteiger partial charge in [0.25, 0.3) is 0 Å². The molecule has 0 aromatic carbocycles. The fraction of sp³-hybridized carbons (Fsp3) is 0. The van der Waals surface area contributed by atoms with Crippen LogP contribution in [0.15, 0.2) is 0 Å². The summed E-state index contributed by atoms with van der Waals surface area (Å²) in [6.45, 7) is 0. The summed E-state index contributed by atoms with van der Waals surface area (Å²) >= 11 is 0. The molecule has 0 nitrogen and oxygen atoms in total. The summed E-state index contributed by atoms with van der Waals surface area (Å²) in [5.74, 6) is 0. The SMILES string of the molecule is [C-]#C.[C-]#C.[Mn+2]. The molecule has 0 bridgehead atoms. The zero-order chi connectivity index (χ0) is 4.00. The van der Waals surface area contributed by atoms with E-state index in [9.17, 15) is 0 Å². The Kier molecular flexibility index (Phi) is 892. The fourth-order valence-corrected chi connectivity index (χ4v) is 0. The van der Waals surface area contributed by atoms with Gasteiger partial charge in [-0.3, -0.25) is 0 Å². The topological polar surface area (TPSA) is 0 Å². The average Bonchev–Trinajstić information content (AvgIpc) is 1.50. The molecular weight excluding hydrogens is 103 g/mol. The molecule has 0 fully saturated rings. The molecule has 0 spiro atoms. The van der Waals surface area contributed by atoms with Crippen molar-refractivity contribution in [2.45, 2.75) is 0 Å². The molecule has 0 aliphatic carbocycles. The smallest absolute Gasteiger partial charge is 0.697 e. The molecule has 0 unspecified atom stereocenters. The van der Waals surface area contributed by atoms with Gasteiger partial charge in [-0.1, -0.05) is 0 Å².